The summed E-state index contributed by atoms with van der Waals surface area (Å²) in [5.41, 5.74) is 7.69. The first kappa shape index (κ1) is 22.1. The molecule has 4 heterocycles. The van der Waals surface area contributed by atoms with Crippen molar-refractivity contribution in [3.05, 3.63) is 57.1 Å². The molecular weight excluding hydrogens is 456 g/mol. The molecule has 170 valence electrons. The van der Waals surface area contributed by atoms with E-state index in [2.05, 4.69) is 49.6 Å². The third-order valence-electron chi connectivity index (χ3n) is 6.21. The zero-order valence-corrected chi connectivity index (χ0v) is 20.1. The Hall–Kier alpha value is -2.70. The van der Waals surface area contributed by atoms with Crippen LogP contribution < -0.4 is 10.6 Å². The van der Waals surface area contributed by atoms with Crippen molar-refractivity contribution >= 4 is 40.4 Å². The molecule has 0 bridgehead atoms. The number of nitrogens with two attached hydrogens (primary N) is 1. The molecule has 0 amide bonds. The van der Waals surface area contributed by atoms with Crippen LogP contribution in [0.1, 0.15) is 36.4 Å². The SMILES string of the molecule is CCCN1CC2(C1)CN(c1nc(N)ncc1Cl)c1cc(C#C[C@@](C)(O)c3nccs3)ccc12. The molecule has 0 saturated carbocycles. The van der Waals surface area contributed by atoms with Gasteiger partial charge in [0.15, 0.2) is 11.4 Å². The number of rotatable bonds is 4. The highest BCUT2D eigenvalue weighted by molar-refractivity contribution is 7.09. The van der Waals surface area contributed by atoms with E-state index in [4.69, 9.17) is 17.3 Å². The molecule has 1 spiro atoms. The first-order chi connectivity index (χ1) is 15.8. The molecule has 3 aromatic rings. The van der Waals surface area contributed by atoms with E-state index >= 15 is 0 Å². The number of nitrogens with zero attached hydrogens (tertiary/aromatic N) is 5. The van der Waals surface area contributed by atoms with Gasteiger partial charge in [-0.05, 0) is 37.6 Å². The van der Waals surface area contributed by atoms with E-state index in [1.165, 1.54) is 16.9 Å². The molecule has 33 heavy (non-hydrogen) atoms. The van der Waals surface area contributed by atoms with Crippen molar-refractivity contribution in [3.8, 4) is 11.8 Å². The van der Waals surface area contributed by atoms with Crippen molar-refractivity contribution in [1.82, 2.24) is 19.9 Å². The number of hydrogen-bond donors (Lipinski definition) is 2. The summed E-state index contributed by atoms with van der Waals surface area (Å²) in [6.45, 7) is 7.71. The summed E-state index contributed by atoms with van der Waals surface area (Å²) in [7, 11) is 0. The van der Waals surface area contributed by atoms with Crippen molar-refractivity contribution in [2.75, 3.05) is 36.8 Å². The Kier molecular flexibility index (Phi) is 5.53. The molecule has 9 heteroatoms. The topological polar surface area (TPSA) is 91.4 Å². The highest BCUT2D eigenvalue weighted by Gasteiger charge is 2.51. The lowest BCUT2D eigenvalue weighted by Gasteiger charge is -2.48. The van der Waals surface area contributed by atoms with Crippen LogP contribution in [0.5, 0.6) is 0 Å². The van der Waals surface area contributed by atoms with Crippen LogP contribution in [0.3, 0.4) is 0 Å². The molecule has 2 aliphatic rings. The number of nitrogen functional groups attached to an aromatic ring is 1. The molecule has 2 aromatic heterocycles. The predicted molar refractivity (Wildman–Crippen MR) is 132 cm³/mol. The number of benzene rings is 1. The third-order valence-corrected chi connectivity index (χ3v) is 7.46. The van der Waals surface area contributed by atoms with Crippen LogP contribution >= 0.6 is 22.9 Å². The average Bonchev–Trinajstić information content (AvgIpc) is 3.42. The lowest BCUT2D eigenvalue weighted by Crippen LogP contribution is -2.61. The highest BCUT2D eigenvalue weighted by Crippen LogP contribution is 2.50. The van der Waals surface area contributed by atoms with Crippen molar-refractivity contribution in [1.29, 1.82) is 0 Å². The molecule has 1 saturated heterocycles. The van der Waals surface area contributed by atoms with Gasteiger partial charge in [0.05, 0.1) is 6.20 Å². The quantitative estimate of drug-likeness (QED) is 0.552. The second-order valence-electron chi connectivity index (χ2n) is 8.87. The van der Waals surface area contributed by atoms with Crippen LogP contribution in [-0.4, -0.2) is 51.1 Å². The van der Waals surface area contributed by atoms with E-state index < -0.39 is 5.60 Å². The standard InChI is InChI=1S/C24H25ClN6OS/c1-3-9-30-13-24(14-30)15-31(20-18(25)12-28-22(26)29-20)19-11-16(4-5-17(19)24)6-7-23(2,32)21-27-8-10-33-21/h4-5,8,10-12,32H,3,9,13-15H2,1-2H3,(H2,26,28,29)/t23-/m1/s1. The smallest absolute Gasteiger partial charge is 0.222 e. The summed E-state index contributed by atoms with van der Waals surface area (Å²) in [5.74, 6) is 6.90. The van der Waals surface area contributed by atoms with Gasteiger partial charge < -0.3 is 20.6 Å². The van der Waals surface area contributed by atoms with E-state index in [0.29, 0.717) is 15.8 Å². The number of halogens is 1. The zero-order chi connectivity index (χ0) is 23.2. The summed E-state index contributed by atoms with van der Waals surface area (Å²) in [5, 5.41) is 13.6. The molecule has 0 radical (unpaired) electrons. The molecule has 0 unspecified atom stereocenters. The lowest BCUT2D eigenvalue weighted by molar-refractivity contribution is 0.0769. The largest absolute Gasteiger partial charge is 0.371 e. The van der Waals surface area contributed by atoms with Crippen LogP contribution in [0.2, 0.25) is 5.02 Å². The van der Waals surface area contributed by atoms with Gasteiger partial charge in [-0.1, -0.05) is 36.4 Å². The second-order valence-corrected chi connectivity index (χ2v) is 10.2. The molecule has 1 fully saturated rings. The fourth-order valence-corrected chi connectivity index (χ4v) is 5.62. The summed E-state index contributed by atoms with van der Waals surface area (Å²) in [6, 6.07) is 6.22. The number of anilines is 3. The Bertz CT molecular complexity index is 1240. The van der Waals surface area contributed by atoms with Gasteiger partial charge >= 0.3 is 0 Å². The zero-order valence-electron chi connectivity index (χ0n) is 18.5. The lowest BCUT2D eigenvalue weighted by atomic mass is 9.75. The van der Waals surface area contributed by atoms with Gasteiger partial charge in [0.1, 0.15) is 10.0 Å². The fourth-order valence-electron chi connectivity index (χ4n) is 4.77. The maximum Gasteiger partial charge on any atom is 0.222 e. The molecule has 7 nitrogen and oxygen atoms in total. The summed E-state index contributed by atoms with van der Waals surface area (Å²) in [4.78, 5) is 17.3. The van der Waals surface area contributed by atoms with Gasteiger partial charge in [0, 0.05) is 47.9 Å². The molecule has 5 rings (SSSR count). The minimum atomic E-state index is -1.31. The van der Waals surface area contributed by atoms with E-state index in [1.54, 1.807) is 19.3 Å². The molecule has 0 aliphatic carbocycles. The molecular formula is C24H25ClN6OS. The minimum absolute atomic E-state index is 0.0197. The molecule has 1 atom stereocenters. The van der Waals surface area contributed by atoms with Crippen LogP contribution in [0, 0.1) is 11.8 Å². The van der Waals surface area contributed by atoms with Gasteiger partial charge in [-0.15, -0.1) is 11.3 Å². The van der Waals surface area contributed by atoms with Crippen LogP contribution in [-0.2, 0) is 11.0 Å². The van der Waals surface area contributed by atoms with E-state index in [0.717, 1.165) is 43.9 Å². The van der Waals surface area contributed by atoms with E-state index in [9.17, 15) is 5.11 Å². The van der Waals surface area contributed by atoms with Crippen LogP contribution in [0.15, 0.2) is 36.0 Å². The van der Waals surface area contributed by atoms with Crippen LogP contribution in [0.25, 0.3) is 0 Å². The highest BCUT2D eigenvalue weighted by atomic mass is 35.5. The van der Waals surface area contributed by atoms with Gasteiger partial charge in [0.2, 0.25) is 5.95 Å². The van der Waals surface area contributed by atoms with Crippen molar-refractivity contribution in [3.63, 3.8) is 0 Å². The maximum atomic E-state index is 10.7. The molecule has 3 N–H and O–H groups in total. The maximum absolute atomic E-state index is 10.7. The predicted octanol–water partition coefficient (Wildman–Crippen LogP) is 3.54. The Morgan fingerprint density at radius 1 is 1.30 bits per heavy atom. The summed E-state index contributed by atoms with van der Waals surface area (Å²) < 4.78 is 0. The number of fused-ring (bicyclic) bond motifs is 2. The van der Waals surface area contributed by atoms with E-state index in [1.807, 2.05) is 17.5 Å². The Morgan fingerprint density at radius 3 is 2.85 bits per heavy atom. The van der Waals surface area contributed by atoms with Gasteiger partial charge in [-0.3, -0.25) is 0 Å². The molecule has 1 aromatic carbocycles. The molecule has 2 aliphatic heterocycles. The van der Waals surface area contributed by atoms with Gasteiger partial charge in [0.25, 0.3) is 0 Å². The van der Waals surface area contributed by atoms with Crippen molar-refractivity contribution in [2.45, 2.75) is 31.3 Å². The fraction of sp³-hybridized carbons (Fsp3) is 0.375. The van der Waals surface area contributed by atoms with Crippen molar-refractivity contribution < 1.29 is 5.11 Å². The Morgan fingerprint density at radius 2 is 2.12 bits per heavy atom. The monoisotopic (exact) mass is 480 g/mol. The van der Waals surface area contributed by atoms with E-state index in [-0.39, 0.29) is 11.4 Å². The number of aromatic nitrogens is 3. The summed E-state index contributed by atoms with van der Waals surface area (Å²) in [6.07, 6.45) is 4.35. The first-order valence-corrected chi connectivity index (χ1v) is 12.1. The summed E-state index contributed by atoms with van der Waals surface area (Å²) >= 11 is 7.88. The second kappa shape index (κ2) is 8.26. The normalized spacial score (nSPS) is 18.4. The number of thiazole rings is 1. The first-order valence-electron chi connectivity index (χ1n) is 10.9. The Labute approximate surface area is 202 Å². The Balaban J connectivity index is 1.54. The van der Waals surface area contributed by atoms with Gasteiger partial charge in [-0.2, -0.15) is 4.98 Å². The van der Waals surface area contributed by atoms with Crippen LogP contribution in [0.4, 0.5) is 17.5 Å². The average molecular weight is 481 g/mol. The van der Waals surface area contributed by atoms with Gasteiger partial charge in [-0.25, -0.2) is 9.97 Å². The number of hydrogen-bond acceptors (Lipinski definition) is 8. The minimum Gasteiger partial charge on any atom is -0.371 e. The third kappa shape index (κ3) is 3.96. The number of aliphatic hydroxyl groups is 1. The van der Waals surface area contributed by atoms with Crippen molar-refractivity contribution in [2.24, 2.45) is 0 Å². The number of likely N-dealkylation sites (tertiary alicyclic amines) is 1.